The maximum absolute atomic E-state index is 14.0. The molecule has 46 heavy (non-hydrogen) atoms. The zero-order valence-corrected chi connectivity index (χ0v) is 25.9. The van der Waals surface area contributed by atoms with Crippen molar-refractivity contribution in [2.75, 3.05) is 36.9 Å². The number of nitrogens with zero attached hydrogens (tertiary/aromatic N) is 6. The maximum Gasteiger partial charge on any atom is 0.141 e. The Bertz CT molecular complexity index is 1940. The minimum absolute atomic E-state index is 0.0593. The molecule has 9 nitrogen and oxygen atoms in total. The molecule has 2 N–H and O–H groups in total. The van der Waals surface area contributed by atoms with Crippen molar-refractivity contribution < 1.29 is 13.5 Å². The first-order chi connectivity index (χ1) is 22.4. The average molecular weight is 662 g/mol. The van der Waals surface area contributed by atoms with Crippen LogP contribution in [0.1, 0.15) is 41.7 Å². The Morgan fingerprint density at radius 1 is 1.00 bits per heavy atom. The highest BCUT2D eigenvalue weighted by atomic mass is 35.5. The van der Waals surface area contributed by atoms with Crippen LogP contribution in [0.5, 0.6) is 0 Å². The SMILES string of the molecule is N#Cc1cnc2c(N[C@@H](c3ccc(F)cc3)c3cn(C4CCN(C5COC5)CC4)nn3)cc(Cl)cc2c1Nc1ccc(F)c(Cl)c1. The van der Waals surface area contributed by atoms with Gasteiger partial charge in [0.05, 0.1) is 65.0 Å². The lowest BCUT2D eigenvalue weighted by molar-refractivity contribution is -0.0734. The first kappa shape index (κ1) is 30.3. The van der Waals surface area contributed by atoms with Gasteiger partial charge in [-0.05, 0) is 60.9 Å². The van der Waals surface area contributed by atoms with Gasteiger partial charge >= 0.3 is 0 Å². The summed E-state index contributed by atoms with van der Waals surface area (Å²) in [4.78, 5) is 7.08. The zero-order chi connectivity index (χ0) is 31.8. The van der Waals surface area contributed by atoms with Gasteiger partial charge in [0.15, 0.2) is 0 Å². The van der Waals surface area contributed by atoms with Crippen molar-refractivity contribution in [3.8, 4) is 6.07 Å². The van der Waals surface area contributed by atoms with Gasteiger partial charge in [-0.2, -0.15) is 5.26 Å². The zero-order valence-electron chi connectivity index (χ0n) is 24.4. The fourth-order valence-corrected chi connectivity index (χ4v) is 6.40. The lowest BCUT2D eigenvalue weighted by atomic mass is 10.0. The molecule has 0 saturated carbocycles. The predicted octanol–water partition coefficient (Wildman–Crippen LogP) is 7.26. The number of nitriles is 1. The Kier molecular flexibility index (Phi) is 8.44. The minimum Gasteiger partial charge on any atom is -0.378 e. The summed E-state index contributed by atoms with van der Waals surface area (Å²) >= 11 is 12.7. The number of anilines is 3. The molecule has 4 heterocycles. The molecule has 2 saturated heterocycles. The number of fused-ring (bicyclic) bond motifs is 1. The summed E-state index contributed by atoms with van der Waals surface area (Å²) in [5.74, 6) is -0.912. The summed E-state index contributed by atoms with van der Waals surface area (Å²) in [6.45, 7) is 3.54. The highest BCUT2D eigenvalue weighted by Gasteiger charge is 2.31. The molecule has 2 aliphatic heterocycles. The minimum atomic E-state index is -0.556. The van der Waals surface area contributed by atoms with E-state index in [0.29, 0.717) is 44.7 Å². The molecule has 0 bridgehead atoms. The van der Waals surface area contributed by atoms with Gasteiger partial charge in [-0.25, -0.2) is 13.5 Å². The van der Waals surface area contributed by atoms with Crippen LogP contribution in [0.15, 0.2) is 67.0 Å². The second kappa shape index (κ2) is 12.8. The summed E-state index contributed by atoms with van der Waals surface area (Å²) in [7, 11) is 0. The molecule has 0 spiro atoms. The van der Waals surface area contributed by atoms with E-state index in [1.807, 2.05) is 10.9 Å². The predicted molar refractivity (Wildman–Crippen MR) is 172 cm³/mol. The van der Waals surface area contributed by atoms with E-state index in [1.165, 1.54) is 36.5 Å². The number of pyridine rings is 1. The van der Waals surface area contributed by atoms with Crippen molar-refractivity contribution in [2.45, 2.75) is 31.0 Å². The van der Waals surface area contributed by atoms with Crippen molar-refractivity contribution in [1.29, 1.82) is 5.26 Å². The highest BCUT2D eigenvalue weighted by molar-refractivity contribution is 6.32. The molecule has 0 unspecified atom stereocenters. The molecule has 2 aromatic heterocycles. The van der Waals surface area contributed by atoms with Crippen LogP contribution >= 0.6 is 23.2 Å². The number of halogens is 4. The van der Waals surface area contributed by atoms with Crippen LogP contribution in [0, 0.1) is 23.0 Å². The molecular weight excluding hydrogens is 633 g/mol. The van der Waals surface area contributed by atoms with Gasteiger partial charge in [-0.3, -0.25) is 9.88 Å². The number of hydrogen-bond acceptors (Lipinski definition) is 8. The van der Waals surface area contributed by atoms with E-state index >= 15 is 0 Å². The molecular formula is C33H28Cl2F2N8O. The van der Waals surface area contributed by atoms with Gasteiger partial charge < -0.3 is 15.4 Å². The van der Waals surface area contributed by atoms with Gasteiger partial charge in [-0.1, -0.05) is 40.5 Å². The summed E-state index contributed by atoms with van der Waals surface area (Å²) in [6.07, 6.45) is 5.30. The molecule has 1 atom stereocenters. The third kappa shape index (κ3) is 6.09. The molecule has 5 aromatic rings. The van der Waals surface area contributed by atoms with E-state index in [1.54, 1.807) is 24.3 Å². The first-order valence-corrected chi connectivity index (χ1v) is 15.6. The Morgan fingerprint density at radius 2 is 1.78 bits per heavy atom. The number of nitrogens with one attached hydrogen (secondary N) is 2. The molecule has 0 radical (unpaired) electrons. The molecule has 0 aliphatic carbocycles. The first-order valence-electron chi connectivity index (χ1n) is 14.9. The monoisotopic (exact) mass is 660 g/mol. The Morgan fingerprint density at radius 3 is 2.48 bits per heavy atom. The maximum atomic E-state index is 14.0. The van der Waals surface area contributed by atoms with E-state index in [0.717, 1.165) is 44.7 Å². The van der Waals surface area contributed by atoms with Crippen molar-refractivity contribution >= 4 is 51.2 Å². The number of ether oxygens (including phenoxy) is 1. The largest absolute Gasteiger partial charge is 0.378 e. The van der Waals surface area contributed by atoms with Crippen LogP contribution < -0.4 is 10.6 Å². The number of hydrogen-bond donors (Lipinski definition) is 2. The van der Waals surface area contributed by atoms with E-state index in [9.17, 15) is 14.0 Å². The van der Waals surface area contributed by atoms with E-state index in [4.69, 9.17) is 27.9 Å². The molecule has 3 aromatic carbocycles. The van der Waals surface area contributed by atoms with Gasteiger partial charge in [0.25, 0.3) is 0 Å². The second-order valence-corrected chi connectivity index (χ2v) is 12.3. The van der Waals surface area contributed by atoms with Crippen LogP contribution in [0.25, 0.3) is 10.9 Å². The molecule has 2 aliphatic rings. The topological polar surface area (TPSA) is 104 Å². The molecule has 2 fully saturated rings. The van der Waals surface area contributed by atoms with Crippen LogP contribution in [0.4, 0.5) is 25.8 Å². The number of rotatable bonds is 8. The third-order valence-corrected chi connectivity index (χ3v) is 9.09. The lowest BCUT2D eigenvalue weighted by Gasteiger charge is -2.41. The molecule has 234 valence electrons. The Hall–Kier alpha value is -4.34. The van der Waals surface area contributed by atoms with Crippen molar-refractivity contribution in [3.63, 3.8) is 0 Å². The summed E-state index contributed by atoms with van der Waals surface area (Å²) in [5, 5.41) is 26.6. The molecule has 13 heteroatoms. The molecule has 7 rings (SSSR count). The number of aromatic nitrogens is 4. The average Bonchev–Trinajstić information content (AvgIpc) is 3.52. The van der Waals surface area contributed by atoms with Crippen LogP contribution in [-0.2, 0) is 4.74 Å². The summed E-state index contributed by atoms with van der Waals surface area (Å²) in [6, 6.07) is 16.2. The highest BCUT2D eigenvalue weighted by Crippen LogP contribution is 2.38. The van der Waals surface area contributed by atoms with E-state index < -0.39 is 11.9 Å². The van der Waals surface area contributed by atoms with Crippen molar-refractivity contribution in [2.24, 2.45) is 0 Å². The van der Waals surface area contributed by atoms with Crippen molar-refractivity contribution in [3.05, 3.63) is 105 Å². The standard InChI is InChI=1S/C33H28Cl2F2N8O/c34-21-11-26-31(40-23-5-6-28(37)27(35)13-23)20(14-38)15-39-33(26)29(12-21)41-32(19-1-3-22(36)4-2-19)30-16-45(43-42-30)24-7-9-44(10-8-24)25-17-46-18-25/h1-6,11-13,15-16,24-25,32,41H,7-10,17-18H2,(H,39,40)/t32-/m0/s1. The Labute approximate surface area is 273 Å². The normalized spacial score (nSPS) is 16.6. The van der Waals surface area contributed by atoms with Gasteiger partial charge in [0.2, 0.25) is 0 Å². The van der Waals surface area contributed by atoms with Gasteiger partial charge in [0, 0.05) is 35.4 Å². The number of piperidine rings is 1. The summed E-state index contributed by atoms with van der Waals surface area (Å²) < 4.78 is 35.1. The summed E-state index contributed by atoms with van der Waals surface area (Å²) in [5.41, 5.74) is 3.66. The van der Waals surface area contributed by atoms with Gasteiger partial charge in [-0.15, -0.1) is 5.10 Å². The third-order valence-electron chi connectivity index (χ3n) is 8.58. The van der Waals surface area contributed by atoms with E-state index in [2.05, 4.69) is 36.9 Å². The second-order valence-electron chi connectivity index (χ2n) is 11.5. The van der Waals surface area contributed by atoms with E-state index in [-0.39, 0.29) is 22.4 Å². The molecule has 0 amide bonds. The van der Waals surface area contributed by atoms with Crippen LogP contribution in [-0.4, -0.2) is 57.2 Å². The van der Waals surface area contributed by atoms with Gasteiger partial charge in [0.1, 0.15) is 23.4 Å². The fourth-order valence-electron chi connectivity index (χ4n) is 6.00. The quantitative estimate of drug-likeness (QED) is 0.179. The lowest BCUT2D eigenvalue weighted by Crippen LogP contribution is -2.51. The Balaban J connectivity index is 1.23. The number of likely N-dealkylation sites (tertiary alicyclic amines) is 1. The smallest absolute Gasteiger partial charge is 0.141 e. The fraction of sp³-hybridized carbons (Fsp3) is 0.273. The number of benzene rings is 3. The van der Waals surface area contributed by atoms with Crippen LogP contribution in [0.2, 0.25) is 10.0 Å². The van der Waals surface area contributed by atoms with Crippen molar-refractivity contribution in [1.82, 2.24) is 24.9 Å². The van der Waals surface area contributed by atoms with Crippen LogP contribution in [0.3, 0.4) is 0 Å².